The standard InChI is InChI=1S/C22H22F2N4O3/c1-2-31-17-8-19-27-18(22-6-7-30-12-13(22)9-22)11-28(19)10-16(17)26-21(29)15-5-3-4-14(25-15)20(23)24/h3-5,8,10-11,13,20H,2,6-7,9,12H2,1H3,(H,26,29). The van der Waals surface area contributed by atoms with Crippen molar-refractivity contribution in [3.05, 3.63) is 53.7 Å². The van der Waals surface area contributed by atoms with Gasteiger partial charge in [0.2, 0.25) is 0 Å². The van der Waals surface area contributed by atoms with Gasteiger partial charge in [-0.2, -0.15) is 0 Å². The molecule has 1 saturated heterocycles. The zero-order valence-corrected chi connectivity index (χ0v) is 17.0. The van der Waals surface area contributed by atoms with Gasteiger partial charge in [0, 0.05) is 30.5 Å². The molecular weight excluding hydrogens is 406 g/mol. The van der Waals surface area contributed by atoms with Gasteiger partial charge >= 0.3 is 0 Å². The fourth-order valence-corrected chi connectivity index (χ4v) is 4.34. The van der Waals surface area contributed by atoms with E-state index < -0.39 is 18.0 Å². The lowest BCUT2D eigenvalue weighted by Crippen LogP contribution is -2.21. The molecule has 0 spiro atoms. The van der Waals surface area contributed by atoms with Crippen LogP contribution in [0.3, 0.4) is 0 Å². The number of pyridine rings is 2. The highest BCUT2D eigenvalue weighted by atomic mass is 19.3. The second kappa shape index (κ2) is 7.56. The van der Waals surface area contributed by atoms with E-state index in [1.165, 1.54) is 18.2 Å². The van der Waals surface area contributed by atoms with E-state index in [1.54, 1.807) is 12.3 Å². The van der Waals surface area contributed by atoms with E-state index in [9.17, 15) is 13.6 Å². The number of aromatic nitrogens is 3. The molecule has 2 aliphatic rings. The third-order valence-corrected chi connectivity index (χ3v) is 6.08. The second-order valence-corrected chi connectivity index (χ2v) is 7.96. The molecule has 2 unspecified atom stereocenters. The minimum Gasteiger partial charge on any atom is -0.491 e. The van der Waals surface area contributed by atoms with E-state index in [2.05, 4.69) is 10.3 Å². The van der Waals surface area contributed by atoms with Crippen LogP contribution < -0.4 is 10.1 Å². The largest absolute Gasteiger partial charge is 0.491 e. The van der Waals surface area contributed by atoms with Crippen LogP contribution in [0, 0.1) is 5.92 Å². The number of nitrogens with zero attached hydrogens (tertiary/aromatic N) is 3. The van der Waals surface area contributed by atoms with Gasteiger partial charge in [-0.3, -0.25) is 4.79 Å². The summed E-state index contributed by atoms with van der Waals surface area (Å²) in [4.78, 5) is 21.3. The topological polar surface area (TPSA) is 77.8 Å². The molecule has 1 aliphatic heterocycles. The van der Waals surface area contributed by atoms with Crippen LogP contribution in [0.5, 0.6) is 5.75 Å². The number of ether oxygens (including phenoxy) is 2. The van der Waals surface area contributed by atoms with Gasteiger partial charge in [0.15, 0.2) is 0 Å². The molecule has 1 amide bonds. The Hall–Kier alpha value is -3.07. The van der Waals surface area contributed by atoms with Gasteiger partial charge in [-0.25, -0.2) is 18.7 Å². The number of halogens is 2. The number of nitrogens with one attached hydrogen (secondary N) is 1. The number of rotatable bonds is 6. The van der Waals surface area contributed by atoms with E-state index >= 15 is 0 Å². The third kappa shape index (κ3) is 3.52. The van der Waals surface area contributed by atoms with Gasteiger partial charge in [0.25, 0.3) is 12.3 Å². The molecule has 0 bridgehead atoms. The van der Waals surface area contributed by atoms with Gasteiger partial charge in [-0.05, 0) is 37.8 Å². The van der Waals surface area contributed by atoms with Crippen molar-refractivity contribution in [1.29, 1.82) is 0 Å². The Morgan fingerprint density at radius 1 is 1.39 bits per heavy atom. The Morgan fingerprint density at radius 3 is 3.03 bits per heavy atom. The summed E-state index contributed by atoms with van der Waals surface area (Å²) in [7, 11) is 0. The zero-order chi connectivity index (χ0) is 21.6. The Balaban J connectivity index is 1.46. The van der Waals surface area contributed by atoms with Crippen LogP contribution in [-0.4, -0.2) is 40.1 Å². The lowest BCUT2D eigenvalue weighted by Gasteiger charge is -2.19. The normalized spacial score (nSPS) is 22.4. The Labute approximate surface area is 177 Å². The van der Waals surface area contributed by atoms with E-state index in [4.69, 9.17) is 14.5 Å². The van der Waals surface area contributed by atoms with Crippen LogP contribution in [0.1, 0.15) is 48.1 Å². The summed E-state index contributed by atoms with van der Waals surface area (Å²) in [5, 5.41) is 2.74. The predicted octanol–water partition coefficient (Wildman–Crippen LogP) is 4.00. The first kappa shape index (κ1) is 19.9. The molecule has 3 aromatic rings. The summed E-state index contributed by atoms with van der Waals surface area (Å²) in [6.45, 7) is 3.75. The maximum atomic E-state index is 12.9. The summed E-state index contributed by atoms with van der Waals surface area (Å²) >= 11 is 0. The molecule has 3 aromatic heterocycles. The van der Waals surface area contributed by atoms with Crippen molar-refractivity contribution < 1.29 is 23.0 Å². The molecule has 4 heterocycles. The lowest BCUT2D eigenvalue weighted by atomic mass is 9.95. The van der Waals surface area contributed by atoms with Crippen molar-refractivity contribution in [2.45, 2.75) is 31.6 Å². The van der Waals surface area contributed by atoms with Crippen molar-refractivity contribution in [3.63, 3.8) is 0 Å². The van der Waals surface area contributed by atoms with E-state index in [-0.39, 0.29) is 11.1 Å². The minimum atomic E-state index is -2.75. The number of imidazole rings is 1. The second-order valence-electron chi connectivity index (χ2n) is 7.96. The highest BCUT2D eigenvalue weighted by Crippen LogP contribution is 2.58. The van der Waals surface area contributed by atoms with Gasteiger partial charge < -0.3 is 19.2 Å². The highest BCUT2D eigenvalue weighted by Gasteiger charge is 2.58. The summed E-state index contributed by atoms with van der Waals surface area (Å²) in [5.74, 6) is 0.376. The van der Waals surface area contributed by atoms with Gasteiger partial charge in [-0.15, -0.1) is 0 Å². The highest BCUT2D eigenvalue weighted by molar-refractivity contribution is 6.03. The number of fused-ring (bicyclic) bond motifs is 2. The molecular formula is C22H22F2N4O3. The Bertz CT molecular complexity index is 1150. The van der Waals surface area contributed by atoms with Crippen molar-refractivity contribution in [2.75, 3.05) is 25.1 Å². The Morgan fingerprint density at radius 2 is 2.26 bits per heavy atom. The van der Waals surface area contributed by atoms with Crippen LogP contribution >= 0.6 is 0 Å². The van der Waals surface area contributed by atoms with Crippen molar-refractivity contribution >= 4 is 17.2 Å². The average Bonchev–Trinajstić information content (AvgIpc) is 3.39. The number of alkyl halides is 2. The average molecular weight is 428 g/mol. The molecule has 9 heteroatoms. The van der Waals surface area contributed by atoms with Gasteiger partial charge in [-0.1, -0.05) is 6.07 Å². The van der Waals surface area contributed by atoms with Crippen LogP contribution in [0.25, 0.3) is 5.65 Å². The molecule has 7 nitrogen and oxygen atoms in total. The number of amides is 1. The van der Waals surface area contributed by atoms with Crippen LogP contribution in [-0.2, 0) is 10.2 Å². The maximum absolute atomic E-state index is 12.9. The number of carbonyl (C=O) groups is 1. The quantitative estimate of drug-likeness (QED) is 0.642. The number of carbonyl (C=O) groups excluding carboxylic acids is 1. The minimum absolute atomic E-state index is 0.0824. The van der Waals surface area contributed by atoms with Crippen LogP contribution in [0.4, 0.5) is 14.5 Å². The zero-order valence-electron chi connectivity index (χ0n) is 17.0. The lowest BCUT2D eigenvalue weighted by molar-refractivity contribution is 0.0795. The van der Waals surface area contributed by atoms with Crippen molar-refractivity contribution in [2.24, 2.45) is 5.92 Å². The number of hydrogen-bond acceptors (Lipinski definition) is 5. The number of anilines is 1. The molecule has 0 aromatic carbocycles. The molecule has 162 valence electrons. The summed E-state index contributed by atoms with van der Waals surface area (Å²) in [6.07, 6.45) is 3.00. The molecule has 2 fully saturated rings. The van der Waals surface area contributed by atoms with Crippen LogP contribution in [0.15, 0.2) is 36.7 Å². The molecule has 2 atom stereocenters. The van der Waals surface area contributed by atoms with Crippen molar-refractivity contribution in [1.82, 2.24) is 14.4 Å². The summed E-state index contributed by atoms with van der Waals surface area (Å²) in [5.41, 5.74) is 1.72. The SMILES string of the molecule is CCOc1cc2nc(C34CCOCC3C4)cn2cc1NC(=O)c1cccc(C(F)F)n1. The fraction of sp³-hybridized carbons (Fsp3) is 0.409. The first-order valence-corrected chi connectivity index (χ1v) is 10.3. The molecule has 31 heavy (non-hydrogen) atoms. The first-order valence-electron chi connectivity index (χ1n) is 10.3. The molecule has 1 saturated carbocycles. The summed E-state index contributed by atoms with van der Waals surface area (Å²) < 4.78 is 39.0. The monoisotopic (exact) mass is 428 g/mol. The van der Waals surface area contributed by atoms with Gasteiger partial charge in [0.05, 0.1) is 18.9 Å². The fourth-order valence-electron chi connectivity index (χ4n) is 4.34. The summed E-state index contributed by atoms with van der Waals surface area (Å²) in [6, 6.07) is 5.75. The van der Waals surface area contributed by atoms with Crippen LogP contribution in [0.2, 0.25) is 0 Å². The van der Waals surface area contributed by atoms with E-state index in [0.29, 0.717) is 24.0 Å². The van der Waals surface area contributed by atoms with Crippen molar-refractivity contribution in [3.8, 4) is 5.75 Å². The molecule has 5 rings (SSSR count). The van der Waals surface area contributed by atoms with E-state index in [1.807, 2.05) is 17.5 Å². The van der Waals surface area contributed by atoms with Gasteiger partial charge in [0.1, 0.15) is 28.5 Å². The molecule has 0 radical (unpaired) electrons. The Kier molecular flexibility index (Phi) is 4.85. The maximum Gasteiger partial charge on any atom is 0.280 e. The molecule has 1 aliphatic carbocycles. The predicted molar refractivity (Wildman–Crippen MR) is 109 cm³/mol. The first-order chi connectivity index (χ1) is 15.0. The smallest absolute Gasteiger partial charge is 0.280 e. The van der Waals surface area contributed by atoms with E-state index in [0.717, 1.165) is 37.4 Å². The number of hydrogen-bond donors (Lipinski definition) is 1. The third-order valence-electron chi connectivity index (χ3n) is 6.08. The molecule has 1 N–H and O–H groups in total.